The number of amidine groups is 1. The van der Waals surface area contributed by atoms with Gasteiger partial charge in [-0.3, -0.25) is 4.72 Å². The normalized spacial score (nSPS) is 12.4. The quantitative estimate of drug-likeness (QED) is 0.183. The van der Waals surface area contributed by atoms with E-state index in [1.807, 2.05) is 0 Å². The number of rotatable bonds is 7. The second-order valence-electron chi connectivity index (χ2n) is 3.67. The molecular formula is C10H15BrN4O4S. The highest BCUT2D eigenvalue weighted by Crippen LogP contribution is 2.24. The standard InChI is InChI=1S/C10H15BrN4O4S/c1-19-5-4-13-20(17,18)15-9-3-2-7(6-8(9)11)10(12)14-16/h2-3,6,13,15-16H,4-5H2,1H3,(H2,12,14). The van der Waals surface area contributed by atoms with Gasteiger partial charge in [-0.15, -0.1) is 0 Å². The summed E-state index contributed by atoms with van der Waals surface area (Å²) in [5.74, 6) is -0.0710. The molecule has 0 aromatic heterocycles. The van der Waals surface area contributed by atoms with Gasteiger partial charge < -0.3 is 15.7 Å². The summed E-state index contributed by atoms with van der Waals surface area (Å²) in [4.78, 5) is 0. The Morgan fingerprint density at radius 3 is 2.80 bits per heavy atom. The first-order valence-corrected chi connectivity index (χ1v) is 7.71. The molecule has 0 fully saturated rings. The van der Waals surface area contributed by atoms with Gasteiger partial charge in [0.25, 0.3) is 10.2 Å². The van der Waals surface area contributed by atoms with Crippen LogP contribution in [-0.4, -0.2) is 39.7 Å². The van der Waals surface area contributed by atoms with Crippen molar-refractivity contribution in [2.45, 2.75) is 0 Å². The minimum Gasteiger partial charge on any atom is -0.409 e. The summed E-state index contributed by atoms with van der Waals surface area (Å²) in [5.41, 5.74) is 6.21. The number of halogens is 1. The van der Waals surface area contributed by atoms with Crippen LogP contribution in [0.5, 0.6) is 0 Å². The highest BCUT2D eigenvalue weighted by atomic mass is 79.9. The fourth-order valence-corrected chi connectivity index (χ4v) is 2.77. The molecule has 0 amide bonds. The third kappa shape index (κ3) is 4.96. The van der Waals surface area contributed by atoms with E-state index in [4.69, 9.17) is 15.7 Å². The van der Waals surface area contributed by atoms with Gasteiger partial charge in [0.05, 0.1) is 12.3 Å². The van der Waals surface area contributed by atoms with Crippen LogP contribution in [0.1, 0.15) is 5.56 Å². The van der Waals surface area contributed by atoms with E-state index < -0.39 is 10.2 Å². The molecule has 0 aliphatic heterocycles. The molecule has 5 N–H and O–H groups in total. The number of hydrogen-bond acceptors (Lipinski definition) is 5. The fourth-order valence-electron chi connectivity index (χ4n) is 1.27. The number of nitrogens with zero attached hydrogens (tertiary/aromatic N) is 1. The highest BCUT2D eigenvalue weighted by Gasteiger charge is 2.12. The zero-order valence-electron chi connectivity index (χ0n) is 10.6. The minimum absolute atomic E-state index is 0.0710. The summed E-state index contributed by atoms with van der Waals surface area (Å²) >= 11 is 3.21. The van der Waals surface area contributed by atoms with E-state index in [1.165, 1.54) is 25.3 Å². The lowest BCUT2D eigenvalue weighted by Crippen LogP contribution is -2.32. The van der Waals surface area contributed by atoms with Crippen molar-refractivity contribution in [1.82, 2.24) is 4.72 Å². The van der Waals surface area contributed by atoms with Crippen molar-refractivity contribution < 1.29 is 18.4 Å². The Morgan fingerprint density at radius 1 is 1.55 bits per heavy atom. The number of nitrogens with one attached hydrogen (secondary N) is 2. The Bertz CT molecular complexity index is 591. The van der Waals surface area contributed by atoms with Crippen molar-refractivity contribution in [3.05, 3.63) is 28.2 Å². The molecule has 0 heterocycles. The molecule has 0 atom stereocenters. The summed E-state index contributed by atoms with van der Waals surface area (Å²) in [6, 6.07) is 4.54. The van der Waals surface area contributed by atoms with Gasteiger partial charge in [-0.25, -0.2) is 0 Å². The summed E-state index contributed by atoms with van der Waals surface area (Å²) < 4.78 is 33.3. The van der Waals surface area contributed by atoms with Gasteiger partial charge in [0.2, 0.25) is 0 Å². The van der Waals surface area contributed by atoms with Crippen molar-refractivity contribution in [3.63, 3.8) is 0 Å². The number of hydrogen-bond donors (Lipinski definition) is 4. The molecule has 0 unspecified atom stereocenters. The van der Waals surface area contributed by atoms with E-state index in [1.54, 1.807) is 0 Å². The van der Waals surface area contributed by atoms with Crippen molar-refractivity contribution >= 4 is 37.7 Å². The Kier molecular flexibility index (Phi) is 6.20. The third-order valence-electron chi connectivity index (χ3n) is 2.22. The average molecular weight is 367 g/mol. The van der Waals surface area contributed by atoms with E-state index >= 15 is 0 Å². The number of benzene rings is 1. The van der Waals surface area contributed by atoms with Crippen LogP contribution >= 0.6 is 15.9 Å². The first-order valence-electron chi connectivity index (χ1n) is 5.43. The van der Waals surface area contributed by atoms with Gasteiger partial charge in [0, 0.05) is 23.7 Å². The van der Waals surface area contributed by atoms with Crippen molar-refractivity contribution in [1.29, 1.82) is 0 Å². The smallest absolute Gasteiger partial charge is 0.299 e. The van der Waals surface area contributed by atoms with Crippen LogP contribution in [0.4, 0.5) is 5.69 Å². The highest BCUT2D eigenvalue weighted by molar-refractivity contribution is 9.10. The predicted octanol–water partition coefficient (Wildman–Crippen LogP) is 0.436. The summed E-state index contributed by atoms with van der Waals surface area (Å²) in [7, 11) is -2.21. The summed E-state index contributed by atoms with van der Waals surface area (Å²) in [6.45, 7) is 0.427. The fraction of sp³-hybridized carbons (Fsp3) is 0.300. The van der Waals surface area contributed by atoms with E-state index in [9.17, 15) is 8.42 Å². The van der Waals surface area contributed by atoms with Gasteiger partial charge in [-0.2, -0.15) is 13.1 Å². The van der Waals surface area contributed by atoms with E-state index in [-0.39, 0.29) is 19.0 Å². The van der Waals surface area contributed by atoms with Gasteiger partial charge in [-0.05, 0) is 34.1 Å². The molecule has 0 aliphatic carbocycles. The Labute approximate surface area is 125 Å². The van der Waals surface area contributed by atoms with E-state index in [2.05, 4.69) is 30.5 Å². The minimum atomic E-state index is -3.69. The SMILES string of the molecule is COCCNS(=O)(=O)Nc1ccc(/C(N)=N/O)cc1Br. The number of nitrogens with two attached hydrogens (primary N) is 1. The number of methoxy groups -OCH3 is 1. The second-order valence-corrected chi connectivity index (χ2v) is 6.03. The van der Waals surface area contributed by atoms with Crippen LogP contribution < -0.4 is 15.2 Å². The van der Waals surface area contributed by atoms with Crippen LogP contribution in [0, 0.1) is 0 Å². The van der Waals surface area contributed by atoms with Crippen LogP contribution in [-0.2, 0) is 14.9 Å². The zero-order chi connectivity index (χ0) is 15.2. The molecule has 1 aromatic rings. The van der Waals surface area contributed by atoms with Crippen LogP contribution in [0.15, 0.2) is 27.8 Å². The largest absolute Gasteiger partial charge is 0.409 e. The average Bonchev–Trinajstić information content (AvgIpc) is 2.40. The second kappa shape index (κ2) is 7.43. The maximum Gasteiger partial charge on any atom is 0.299 e. The first kappa shape index (κ1) is 16.7. The predicted molar refractivity (Wildman–Crippen MR) is 79.1 cm³/mol. The first-order chi connectivity index (χ1) is 9.39. The van der Waals surface area contributed by atoms with Crippen LogP contribution in [0.2, 0.25) is 0 Å². The molecule has 112 valence electrons. The summed E-state index contributed by atoms with van der Waals surface area (Å²) in [5, 5.41) is 11.4. The van der Waals surface area contributed by atoms with Crippen LogP contribution in [0.25, 0.3) is 0 Å². The van der Waals surface area contributed by atoms with E-state index in [0.717, 1.165) is 0 Å². The molecule has 0 saturated carbocycles. The maximum absolute atomic E-state index is 11.7. The Morgan fingerprint density at radius 2 is 2.25 bits per heavy atom. The van der Waals surface area contributed by atoms with Crippen molar-refractivity contribution in [3.8, 4) is 0 Å². The van der Waals surface area contributed by atoms with Crippen molar-refractivity contribution in [2.24, 2.45) is 10.9 Å². The zero-order valence-corrected chi connectivity index (χ0v) is 13.0. The molecule has 0 bridgehead atoms. The van der Waals surface area contributed by atoms with Gasteiger partial charge in [0.15, 0.2) is 5.84 Å². The molecule has 0 aliphatic rings. The molecular weight excluding hydrogens is 352 g/mol. The molecule has 0 saturated heterocycles. The Hall–Kier alpha value is -1.36. The summed E-state index contributed by atoms with van der Waals surface area (Å²) in [6.07, 6.45) is 0. The van der Waals surface area contributed by atoms with Gasteiger partial charge in [-0.1, -0.05) is 5.16 Å². The van der Waals surface area contributed by atoms with Crippen molar-refractivity contribution in [2.75, 3.05) is 25.0 Å². The molecule has 1 aromatic carbocycles. The molecule has 10 heteroatoms. The van der Waals surface area contributed by atoms with Gasteiger partial charge in [0.1, 0.15) is 0 Å². The molecule has 0 spiro atoms. The number of anilines is 1. The lowest BCUT2D eigenvalue weighted by Gasteiger charge is -2.11. The molecule has 0 radical (unpaired) electrons. The third-order valence-corrected chi connectivity index (χ3v) is 3.94. The maximum atomic E-state index is 11.7. The van der Waals surface area contributed by atoms with Crippen LogP contribution in [0.3, 0.4) is 0 Å². The lowest BCUT2D eigenvalue weighted by molar-refractivity contribution is 0.204. The monoisotopic (exact) mass is 366 g/mol. The number of oxime groups is 1. The topological polar surface area (TPSA) is 126 Å². The lowest BCUT2D eigenvalue weighted by atomic mass is 10.2. The Balaban J connectivity index is 2.83. The van der Waals surface area contributed by atoms with E-state index in [0.29, 0.717) is 15.7 Å². The molecule has 8 nitrogen and oxygen atoms in total. The molecule has 20 heavy (non-hydrogen) atoms. The number of ether oxygens (including phenoxy) is 1. The van der Waals surface area contributed by atoms with Gasteiger partial charge >= 0.3 is 0 Å². The molecule has 1 rings (SSSR count).